The lowest BCUT2D eigenvalue weighted by molar-refractivity contribution is -0.141. The molecule has 1 saturated carbocycles. The summed E-state index contributed by atoms with van der Waals surface area (Å²) in [6, 6.07) is 0.165. The Morgan fingerprint density at radius 2 is 2.11 bits per heavy atom. The van der Waals surface area contributed by atoms with Gasteiger partial charge in [0.15, 0.2) is 0 Å². The number of hydrogen-bond donors (Lipinski definition) is 2. The van der Waals surface area contributed by atoms with Gasteiger partial charge in [-0.05, 0) is 31.9 Å². The second-order valence-electron chi connectivity index (χ2n) is 5.44. The number of amides is 2. The van der Waals surface area contributed by atoms with Crippen molar-refractivity contribution < 1.29 is 14.7 Å². The third-order valence-electron chi connectivity index (χ3n) is 4.11. The molecule has 0 spiro atoms. The van der Waals surface area contributed by atoms with E-state index in [0.717, 1.165) is 19.3 Å². The van der Waals surface area contributed by atoms with Gasteiger partial charge in [-0.15, -0.1) is 0 Å². The van der Waals surface area contributed by atoms with Crippen LogP contribution in [-0.2, 0) is 4.79 Å². The second kappa shape index (κ2) is 6.50. The van der Waals surface area contributed by atoms with Crippen LogP contribution in [0.15, 0.2) is 0 Å². The van der Waals surface area contributed by atoms with E-state index in [0.29, 0.717) is 24.8 Å². The Morgan fingerprint density at radius 1 is 1.32 bits per heavy atom. The highest BCUT2D eigenvalue weighted by Crippen LogP contribution is 2.27. The van der Waals surface area contributed by atoms with Gasteiger partial charge in [0.05, 0.1) is 5.92 Å². The van der Waals surface area contributed by atoms with Crippen molar-refractivity contribution in [1.29, 1.82) is 0 Å². The summed E-state index contributed by atoms with van der Waals surface area (Å²) >= 11 is 1.87. The summed E-state index contributed by atoms with van der Waals surface area (Å²) in [5.74, 6) is -1.19. The van der Waals surface area contributed by atoms with Gasteiger partial charge in [0.25, 0.3) is 0 Å². The van der Waals surface area contributed by atoms with Crippen LogP contribution in [0.2, 0.25) is 0 Å². The molecule has 1 heterocycles. The summed E-state index contributed by atoms with van der Waals surface area (Å²) in [6.07, 6.45) is 7.16. The molecule has 0 aromatic heterocycles. The molecule has 0 bridgehead atoms. The van der Waals surface area contributed by atoms with Crippen LogP contribution in [0, 0.1) is 5.92 Å². The minimum atomic E-state index is -0.796. The molecule has 0 aromatic carbocycles. The van der Waals surface area contributed by atoms with Crippen LogP contribution in [0.5, 0.6) is 0 Å². The molecule has 1 aliphatic carbocycles. The topological polar surface area (TPSA) is 69.6 Å². The van der Waals surface area contributed by atoms with Crippen molar-refractivity contribution in [3.05, 3.63) is 0 Å². The molecule has 3 unspecified atom stereocenters. The van der Waals surface area contributed by atoms with E-state index >= 15 is 0 Å². The summed E-state index contributed by atoms with van der Waals surface area (Å²) in [6.45, 7) is 0.904. The van der Waals surface area contributed by atoms with Gasteiger partial charge in [0.1, 0.15) is 0 Å². The van der Waals surface area contributed by atoms with E-state index in [1.807, 2.05) is 11.8 Å². The number of nitrogens with one attached hydrogen (secondary N) is 1. The highest BCUT2D eigenvalue weighted by Gasteiger charge is 2.32. The number of carboxylic acids is 1. The summed E-state index contributed by atoms with van der Waals surface area (Å²) in [5, 5.41) is 12.6. The Morgan fingerprint density at radius 3 is 2.74 bits per heavy atom. The maximum Gasteiger partial charge on any atom is 0.317 e. The van der Waals surface area contributed by atoms with E-state index in [-0.39, 0.29) is 12.1 Å². The van der Waals surface area contributed by atoms with E-state index in [1.165, 1.54) is 6.42 Å². The van der Waals surface area contributed by atoms with Crippen LogP contribution < -0.4 is 5.32 Å². The average molecular weight is 286 g/mol. The smallest absolute Gasteiger partial charge is 0.317 e. The number of carboxylic acid groups (broad SMARTS) is 1. The number of carbonyl (C=O) groups is 2. The van der Waals surface area contributed by atoms with E-state index in [1.54, 1.807) is 4.90 Å². The lowest BCUT2D eigenvalue weighted by atomic mass is 9.95. The molecule has 0 radical (unpaired) electrons. The Hall–Kier alpha value is -0.910. The van der Waals surface area contributed by atoms with Crippen LogP contribution in [0.1, 0.15) is 32.1 Å². The minimum Gasteiger partial charge on any atom is -0.481 e. The molecule has 1 aliphatic heterocycles. The maximum absolute atomic E-state index is 12.1. The van der Waals surface area contributed by atoms with E-state index in [9.17, 15) is 9.59 Å². The van der Waals surface area contributed by atoms with Crippen LogP contribution in [-0.4, -0.2) is 52.6 Å². The molecule has 2 amide bonds. The molecule has 3 atom stereocenters. The normalized spacial score (nSPS) is 31.2. The fourth-order valence-corrected chi connectivity index (χ4v) is 3.73. The Bertz CT molecular complexity index is 351. The standard InChI is InChI=1S/C13H22N2O3S/c1-19-11-4-2-3-10(7-11)14-13(18)15-6-5-9(8-15)12(16)17/h9-11H,2-8H2,1H3,(H,14,18)(H,16,17). The Balaban J connectivity index is 1.79. The molecule has 19 heavy (non-hydrogen) atoms. The molecule has 108 valence electrons. The van der Waals surface area contributed by atoms with Crippen LogP contribution in [0.25, 0.3) is 0 Å². The number of rotatable bonds is 3. The zero-order valence-corrected chi connectivity index (χ0v) is 12.1. The number of hydrogen-bond acceptors (Lipinski definition) is 3. The third kappa shape index (κ3) is 3.78. The van der Waals surface area contributed by atoms with Gasteiger partial charge >= 0.3 is 12.0 Å². The van der Waals surface area contributed by atoms with E-state index in [2.05, 4.69) is 11.6 Å². The fraction of sp³-hybridized carbons (Fsp3) is 0.846. The minimum absolute atomic E-state index is 0.0875. The van der Waals surface area contributed by atoms with Crippen LogP contribution in [0.3, 0.4) is 0 Å². The lowest BCUT2D eigenvalue weighted by Gasteiger charge is -2.30. The lowest BCUT2D eigenvalue weighted by Crippen LogP contribution is -2.46. The molecule has 6 heteroatoms. The van der Waals surface area contributed by atoms with E-state index in [4.69, 9.17) is 5.11 Å². The highest BCUT2D eigenvalue weighted by molar-refractivity contribution is 7.99. The van der Waals surface area contributed by atoms with Gasteiger partial charge in [-0.3, -0.25) is 4.79 Å². The third-order valence-corrected chi connectivity index (χ3v) is 5.21. The molecular formula is C13H22N2O3S. The first-order valence-corrected chi connectivity index (χ1v) is 8.20. The first-order valence-electron chi connectivity index (χ1n) is 6.91. The number of thioether (sulfide) groups is 1. The fourth-order valence-electron chi connectivity index (χ4n) is 2.90. The SMILES string of the molecule is CSC1CCCC(NC(=O)N2CCC(C(=O)O)C2)C1. The Kier molecular flexibility index (Phi) is 4.96. The van der Waals surface area contributed by atoms with Crippen molar-refractivity contribution in [2.24, 2.45) is 5.92 Å². The van der Waals surface area contributed by atoms with Crippen LogP contribution in [0.4, 0.5) is 4.79 Å². The summed E-state index contributed by atoms with van der Waals surface area (Å²) in [4.78, 5) is 24.6. The first kappa shape index (κ1) is 14.5. The summed E-state index contributed by atoms with van der Waals surface area (Å²) < 4.78 is 0. The zero-order chi connectivity index (χ0) is 13.8. The van der Waals surface area contributed by atoms with Gasteiger partial charge in [-0.1, -0.05) is 6.42 Å². The first-order chi connectivity index (χ1) is 9.10. The quantitative estimate of drug-likeness (QED) is 0.829. The van der Waals surface area contributed by atoms with Gasteiger partial charge in [-0.25, -0.2) is 4.79 Å². The van der Waals surface area contributed by atoms with Gasteiger partial charge in [-0.2, -0.15) is 11.8 Å². The highest BCUT2D eigenvalue weighted by atomic mass is 32.2. The second-order valence-corrected chi connectivity index (χ2v) is 6.58. The van der Waals surface area contributed by atoms with Gasteiger partial charge < -0.3 is 15.3 Å². The predicted molar refractivity (Wildman–Crippen MR) is 75.4 cm³/mol. The van der Waals surface area contributed by atoms with Crippen molar-refractivity contribution in [1.82, 2.24) is 10.2 Å². The summed E-state index contributed by atoms with van der Waals surface area (Å²) in [7, 11) is 0. The van der Waals surface area contributed by atoms with Crippen molar-refractivity contribution in [3.63, 3.8) is 0 Å². The van der Waals surface area contributed by atoms with Crippen molar-refractivity contribution in [2.45, 2.75) is 43.4 Å². The Labute approximate surface area is 118 Å². The molecule has 2 rings (SSSR count). The number of carbonyl (C=O) groups excluding carboxylic acids is 1. The average Bonchev–Trinajstić information content (AvgIpc) is 2.89. The number of urea groups is 1. The number of nitrogens with zero attached hydrogens (tertiary/aromatic N) is 1. The molecule has 2 aliphatic rings. The van der Waals surface area contributed by atoms with Crippen molar-refractivity contribution in [2.75, 3.05) is 19.3 Å². The van der Waals surface area contributed by atoms with Gasteiger partial charge in [0.2, 0.25) is 0 Å². The van der Waals surface area contributed by atoms with Crippen LogP contribution >= 0.6 is 11.8 Å². The largest absolute Gasteiger partial charge is 0.481 e. The number of aliphatic carboxylic acids is 1. The molecule has 1 saturated heterocycles. The number of likely N-dealkylation sites (tertiary alicyclic amines) is 1. The van der Waals surface area contributed by atoms with Gasteiger partial charge in [0, 0.05) is 24.4 Å². The molecule has 5 nitrogen and oxygen atoms in total. The molecule has 0 aromatic rings. The monoisotopic (exact) mass is 286 g/mol. The van der Waals surface area contributed by atoms with Crippen molar-refractivity contribution >= 4 is 23.8 Å². The van der Waals surface area contributed by atoms with Crippen molar-refractivity contribution in [3.8, 4) is 0 Å². The maximum atomic E-state index is 12.1. The zero-order valence-electron chi connectivity index (χ0n) is 11.3. The molecule has 2 fully saturated rings. The molecule has 2 N–H and O–H groups in total. The van der Waals surface area contributed by atoms with E-state index < -0.39 is 11.9 Å². The molecular weight excluding hydrogens is 264 g/mol. The predicted octanol–water partition coefficient (Wildman–Crippen LogP) is 1.78. The summed E-state index contributed by atoms with van der Waals surface area (Å²) in [5.41, 5.74) is 0.